The van der Waals surface area contributed by atoms with Crippen molar-refractivity contribution in [2.45, 2.75) is 115 Å². The molecule has 0 spiro atoms. The number of unbranched alkanes of at least 4 members (excludes halogenated alkanes) is 1. The molecule has 0 nitrogen and oxygen atoms in total. The van der Waals surface area contributed by atoms with E-state index in [9.17, 15) is 0 Å². The van der Waals surface area contributed by atoms with Gasteiger partial charge in [-0.3, -0.25) is 0 Å². The topological polar surface area (TPSA) is 0 Å². The highest BCUT2D eigenvalue weighted by Gasteiger charge is 2.60. The first-order valence-electron chi connectivity index (χ1n) is 12.3. The molecular formula is C25H43P. The maximum absolute atomic E-state index is 2.61. The average molecular weight is 375 g/mol. The summed E-state index contributed by atoms with van der Waals surface area (Å²) in [6, 6.07) is 0. The van der Waals surface area contributed by atoms with Gasteiger partial charge in [0.05, 0.1) is 0 Å². The summed E-state index contributed by atoms with van der Waals surface area (Å²) >= 11 is 0. The SMILES string of the molecule is CCCCP(C12CC(C)CC(CC(C)C1)C2)C12CC3CC(CC(C3)C1)C2. The van der Waals surface area contributed by atoms with E-state index in [2.05, 4.69) is 20.8 Å². The molecule has 0 aromatic carbocycles. The Balaban J connectivity index is 1.51. The number of hydrogen-bond donors (Lipinski definition) is 0. The standard InChI is InChI=1S/C25H43P/c1-4-5-6-26(24-12-18(2)7-20(14-24)8-19(3)13-24)25-15-21-9-22(16-25)11-23(10-21)17-25/h18-23H,4-17H2,1-3H3. The van der Waals surface area contributed by atoms with Crippen LogP contribution in [-0.4, -0.2) is 16.5 Å². The van der Waals surface area contributed by atoms with E-state index < -0.39 is 0 Å². The summed E-state index contributed by atoms with van der Waals surface area (Å²) in [6.45, 7) is 7.68. The lowest BCUT2D eigenvalue weighted by atomic mass is 9.56. The van der Waals surface area contributed by atoms with E-state index in [0.29, 0.717) is 0 Å². The Kier molecular flexibility index (Phi) is 4.79. The van der Waals surface area contributed by atoms with Crippen molar-refractivity contribution in [1.29, 1.82) is 0 Å². The van der Waals surface area contributed by atoms with Gasteiger partial charge in [-0.05, 0) is 129 Å². The van der Waals surface area contributed by atoms with Crippen LogP contribution in [0.15, 0.2) is 0 Å². The van der Waals surface area contributed by atoms with Crippen LogP contribution in [0.3, 0.4) is 0 Å². The molecule has 0 aromatic rings. The smallest absolute Gasteiger partial charge is 0.00815 e. The Morgan fingerprint density at radius 2 is 1.08 bits per heavy atom. The van der Waals surface area contributed by atoms with Gasteiger partial charge in [-0.1, -0.05) is 35.1 Å². The molecule has 6 bridgehead atoms. The summed E-state index contributed by atoms with van der Waals surface area (Å²) in [5.41, 5.74) is 0. The highest BCUT2D eigenvalue weighted by Crippen LogP contribution is 2.77. The molecule has 6 saturated carbocycles. The van der Waals surface area contributed by atoms with E-state index >= 15 is 0 Å². The van der Waals surface area contributed by atoms with Crippen molar-refractivity contribution in [2.75, 3.05) is 6.16 Å². The fourth-order valence-electron chi connectivity index (χ4n) is 9.67. The highest BCUT2D eigenvalue weighted by atomic mass is 31.1. The molecule has 6 aliphatic carbocycles. The third-order valence-electron chi connectivity index (χ3n) is 9.48. The fraction of sp³-hybridized carbons (Fsp3) is 1.00. The van der Waals surface area contributed by atoms with Crippen molar-refractivity contribution in [3.8, 4) is 0 Å². The summed E-state index contributed by atoms with van der Waals surface area (Å²) in [6.07, 6.45) is 22.5. The van der Waals surface area contributed by atoms with Crippen molar-refractivity contribution in [2.24, 2.45) is 35.5 Å². The predicted octanol–water partition coefficient (Wildman–Crippen LogP) is 7.84. The Bertz CT molecular complexity index is 467. The monoisotopic (exact) mass is 374 g/mol. The molecule has 6 rings (SSSR count). The van der Waals surface area contributed by atoms with Crippen LogP contribution < -0.4 is 0 Å². The zero-order chi connectivity index (χ0) is 17.9. The minimum atomic E-state index is 0.228. The van der Waals surface area contributed by atoms with E-state index in [-0.39, 0.29) is 7.92 Å². The molecule has 26 heavy (non-hydrogen) atoms. The van der Waals surface area contributed by atoms with Gasteiger partial charge in [0, 0.05) is 0 Å². The van der Waals surface area contributed by atoms with Crippen molar-refractivity contribution in [1.82, 2.24) is 0 Å². The van der Waals surface area contributed by atoms with Gasteiger partial charge in [0.1, 0.15) is 0 Å². The fourth-order valence-corrected chi connectivity index (χ4v) is 15.2. The zero-order valence-corrected chi connectivity index (χ0v) is 18.7. The molecule has 0 N–H and O–H groups in total. The second-order valence-electron chi connectivity index (χ2n) is 12.0. The minimum Gasteiger partial charge on any atom is -0.0939 e. The van der Waals surface area contributed by atoms with Gasteiger partial charge >= 0.3 is 0 Å². The zero-order valence-electron chi connectivity index (χ0n) is 17.8. The number of rotatable bonds is 5. The van der Waals surface area contributed by atoms with Crippen LogP contribution in [0, 0.1) is 35.5 Å². The maximum Gasteiger partial charge on any atom is -0.00815 e. The van der Waals surface area contributed by atoms with Gasteiger partial charge in [0.15, 0.2) is 0 Å². The van der Waals surface area contributed by atoms with Gasteiger partial charge in [-0.25, -0.2) is 0 Å². The molecule has 0 saturated heterocycles. The molecule has 148 valence electrons. The molecular weight excluding hydrogens is 331 g/mol. The Morgan fingerprint density at radius 1 is 0.654 bits per heavy atom. The molecule has 0 aliphatic heterocycles. The van der Waals surface area contributed by atoms with Crippen molar-refractivity contribution in [3.05, 3.63) is 0 Å². The maximum atomic E-state index is 2.61. The largest absolute Gasteiger partial charge is 0.0939 e. The summed E-state index contributed by atoms with van der Waals surface area (Å²) in [5.74, 6) is 6.54. The molecule has 6 aliphatic rings. The lowest BCUT2D eigenvalue weighted by Gasteiger charge is -2.66. The molecule has 6 fully saturated rings. The lowest BCUT2D eigenvalue weighted by molar-refractivity contribution is 0.0319. The molecule has 1 heteroatoms. The van der Waals surface area contributed by atoms with E-state index in [1.807, 2.05) is 0 Å². The summed E-state index contributed by atoms with van der Waals surface area (Å²) in [5, 5.41) is 1.65. The number of hydrogen-bond acceptors (Lipinski definition) is 0. The van der Waals surface area contributed by atoms with Crippen LogP contribution in [0.2, 0.25) is 0 Å². The first-order valence-corrected chi connectivity index (χ1v) is 13.8. The second kappa shape index (κ2) is 6.75. The Labute approximate surface area is 164 Å². The summed E-state index contributed by atoms with van der Waals surface area (Å²) in [4.78, 5) is 0. The normalized spacial score (nSPS) is 53.7. The van der Waals surface area contributed by atoms with E-state index in [0.717, 1.165) is 45.8 Å². The average Bonchev–Trinajstić information content (AvgIpc) is 2.51. The molecule has 3 unspecified atom stereocenters. The minimum absolute atomic E-state index is 0.228. The quantitative estimate of drug-likeness (QED) is 0.430. The summed E-state index contributed by atoms with van der Waals surface area (Å²) < 4.78 is 0. The molecule has 0 aromatic heterocycles. The summed E-state index contributed by atoms with van der Waals surface area (Å²) in [7, 11) is 0.228. The first-order chi connectivity index (χ1) is 12.5. The van der Waals surface area contributed by atoms with E-state index in [1.165, 1.54) is 12.8 Å². The van der Waals surface area contributed by atoms with E-state index in [4.69, 9.17) is 0 Å². The van der Waals surface area contributed by atoms with Gasteiger partial charge in [0.25, 0.3) is 0 Å². The third-order valence-corrected chi connectivity index (χ3v) is 13.6. The molecule has 0 amide bonds. The molecule has 3 atom stereocenters. The van der Waals surface area contributed by atoms with Crippen molar-refractivity contribution >= 4 is 7.92 Å². The van der Waals surface area contributed by atoms with Gasteiger partial charge < -0.3 is 0 Å². The Hall–Kier alpha value is 0.430. The van der Waals surface area contributed by atoms with Crippen LogP contribution in [0.4, 0.5) is 0 Å². The van der Waals surface area contributed by atoms with Crippen LogP contribution in [-0.2, 0) is 0 Å². The predicted molar refractivity (Wildman–Crippen MR) is 115 cm³/mol. The van der Waals surface area contributed by atoms with Crippen LogP contribution >= 0.6 is 7.92 Å². The van der Waals surface area contributed by atoms with Crippen molar-refractivity contribution < 1.29 is 0 Å². The van der Waals surface area contributed by atoms with Crippen molar-refractivity contribution in [3.63, 3.8) is 0 Å². The first kappa shape index (κ1) is 18.5. The third kappa shape index (κ3) is 3.04. The van der Waals surface area contributed by atoms with Gasteiger partial charge in [-0.15, -0.1) is 0 Å². The van der Waals surface area contributed by atoms with Crippen LogP contribution in [0.5, 0.6) is 0 Å². The molecule has 0 radical (unpaired) electrons. The van der Waals surface area contributed by atoms with Crippen LogP contribution in [0.1, 0.15) is 104 Å². The lowest BCUT2D eigenvalue weighted by Crippen LogP contribution is -2.55. The number of fused-ring (bicyclic) bond motifs is 2. The second-order valence-corrected chi connectivity index (χ2v) is 15.2. The van der Waals surface area contributed by atoms with Gasteiger partial charge in [0.2, 0.25) is 0 Å². The highest BCUT2D eigenvalue weighted by molar-refractivity contribution is 7.61. The Morgan fingerprint density at radius 3 is 1.54 bits per heavy atom. The van der Waals surface area contributed by atoms with Crippen LogP contribution in [0.25, 0.3) is 0 Å². The van der Waals surface area contributed by atoms with Gasteiger partial charge in [-0.2, -0.15) is 0 Å². The van der Waals surface area contributed by atoms with E-state index in [1.54, 1.807) is 76.8 Å². The molecule has 0 heterocycles.